The van der Waals surface area contributed by atoms with Crippen LogP contribution in [0.25, 0.3) is 0 Å². The smallest absolute Gasteiger partial charge is 0.243 e. The molecule has 0 radical (unpaired) electrons. The van der Waals surface area contributed by atoms with Crippen LogP contribution in [0.5, 0.6) is 17.4 Å². The molecule has 1 aromatic heterocycles. The Morgan fingerprint density at radius 2 is 1.96 bits per heavy atom. The van der Waals surface area contributed by atoms with E-state index in [9.17, 15) is 8.42 Å². The van der Waals surface area contributed by atoms with Crippen LogP contribution in [0.4, 0.5) is 0 Å². The van der Waals surface area contributed by atoms with E-state index in [1.165, 1.54) is 4.31 Å². The lowest BCUT2D eigenvalue weighted by Gasteiger charge is -2.31. The minimum Gasteiger partial charge on any atom is -0.490 e. The molecule has 4 rings (SSSR count). The van der Waals surface area contributed by atoms with E-state index >= 15 is 0 Å². The third-order valence-electron chi connectivity index (χ3n) is 4.74. The summed E-state index contributed by atoms with van der Waals surface area (Å²) in [7, 11) is -3.66. The van der Waals surface area contributed by atoms with Crippen molar-refractivity contribution in [2.24, 2.45) is 0 Å². The Labute approximate surface area is 164 Å². The highest BCUT2D eigenvalue weighted by Gasteiger charge is 2.32. The molecule has 1 fully saturated rings. The summed E-state index contributed by atoms with van der Waals surface area (Å²) < 4.78 is 44.9. The zero-order valence-electron chi connectivity index (χ0n) is 15.7. The molecule has 0 saturated carbocycles. The lowest BCUT2D eigenvalue weighted by molar-refractivity contribution is 0.124. The molecular formula is C19H23N3O5S. The average Bonchev–Trinajstić information content (AvgIpc) is 2.93. The third kappa shape index (κ3) is 4.05. The first-order valence-corrected chi connectivity index (χ1v) is 10.8. The second-order valence-electron chi connectivity index (χ2n) is 6.85. The van der Waals surface area contributed by atoms with Gasteiger partial charge in [-0.2, -0.15) is 9.29 Å². The second kappa shape index (κ2) is 7.92. The van der Waals surface area contributed by atoms with Crippen molar-refractivity contribution in [3.8, 4) is 17.4 Å². The Kier molecular flexibility index (Phi) is 5.36. The molecule has 1 unspecified atom stereocenters. The molecule has 0 N–H and O–H groups in total. The molecule has 1 atom stereocenters. The summed E-state index contributed by atoms with van der Waals surface area (Å²) in [5, 5.41) is 0. The van der Waals surface area contributed by atoms with Gasteiger partial charge in [-0.1, -0.05) is 0 Å². The van der Waals surface area contributed by atoms with E-state index in [4.69, 9.17) is 14.2 Å². The largest absolute Gasteiger partial charge is 0.490 e. The molecule has 3 heterocycles. The molecule has 1 aromatic carbocycles. The number of piperidine rings is 1. The van der Waals surface area contributed by atoms with Gasteiger partial charge < -0.3 is 14.2 Å². The average molecular weight is 405 g/mol. The molecule has 0 amide bonds. The molecule has 2 aliphatic rings. The third-order valence-corrected chi connectivity index (χ3v) is 6.60. The highest BCUT2D eigenvalue weighted by molar-refractivity contribution is 7.89. The van der Waals surface area contributed by atoms with Gasteiger partial charge in [0.05, 0.1) is 24.7 Å². The maximum absolute atomic E-state index is 13.2. The van der Waals surface area contributed by atoms with Crippen molar-refractivity contribution >= 4 is 10.0 Å². The van der Waals surface area contributed by atoms with Crippen molar-refractivity contribution in [2.45, 2.75) is 37.2 Å². The van der Waals surface area contributed by atoms with Gasteiger partial charge >= 0.3 is 0 Å². The van der Waals surface area contributed by atoms with Crippen molar-refractivity contribution in [1.29, 1.82) is 0 Å². The van der Waals surface area contributed by atoms with Crippen molar-refractivity contribution in [1.82, 2.24) is 14.3 Å². The van der Waals surface area contributed by atoms with Gasteiger partial charge in [0.2, 0.25) is 15.9 Å². The van der Waals surface area contributed by atoms with Crippen LogP contribution in [-0.2, 0) is 10.0 Å². The van der Waals surface area contributed by atoms with Crippen LogP contribution in [0, 0.1) is 6.92 Å². The van der Waals surface area contributed by atoms with E-state index < -0.39 is 10.0 Å². The van der Waals surface area contributed by atoms with Crippen LogP contribution in [0.3, 0.4) is 0 Å². The fourth-order valence-corrected chi connectivity index (χ4v) is 4.87. The summed E-state index contributed by atoms with van der Waals surface area (Å²) in [5.41, 5.74) is 0. The van der Waals surface area contributed by atoms with Crippen LogP contribution in [0.2, 0.25) is 0 Å². The molecule has 1 saturated heterocycles. The number of fused-ring (bicyclic) bond motifs is 1. The highest BCUT2D eigenvalue weighted by atomic mass is 32.2. The quantitative estimate of drug-likeness (QED) is 0.770. The van der Waals surface area contributed by atoms with E-state index in [0.29, 0.717) is 43.0 Å². The lowest BCUT2D eigenvalue weighted by Crippen LogP contribution is -2.44. The molecular weight excluding hydrogens is 382 g/mol. The van der Waals surface area contributed by atoms with Crippen molar-refractivity contribution < 1.29 is 22.6 Å². The monoisotopic (exact) mass is 405 g/mol. The summed E-state index contributed by atoms with van der Waals surface area (Å²) in [6.07, 6.45) is 3.64. The van der Waals surface area contributed by atoms with Gasteiger partial charge in [0.15, 0.2) is 11.5 Å². The van der Waals surface area contributed by atoms with Gasteiger partial charge in [0.25, 0.3) is 0 Å². The summed E-state index contributed by atoms with van der Waals surface area (Å²) in [6, 6.07) is 6.47. The van der Waals surface area contributed by atoms with Crippen molar-refractivity contribution in [3.05, 3.63) is 36.3 Å². The molecule has 9 heteroatoms. The Balaban J connectivity index is 1.51. The Morgan fingerprint density at radius 3 is 2.79 bits per heavy atom. The summed E-state index contributed by atoms with van der Waals surface area (Å²) in [6.45, 7) is 3.59. The first-order chi connectivity index (χ1) is 13.5. The van der Waals surface area contributed by atoms with Crippen LogP contribution in [0.15, 0.2) is 35.4 Å². The van der Waals surface area contributed by atoms with Crippen LogP contribution in [-0.4, -0.2) is 55.1 Å². The van der Waals surface area contributed by atoms with Gasteiger partial charge in [-0.05, 0) is 31.9 Å². The molecule has 0 aliphatic carbocycles. The standard InChI is InChI=1S/C19H23N3O5S/c1-14-20-8-7-19(21-14)27-15-4-2-9-22(13-15)28(23,24)16-5-6-17-18(12-16)26-11-3-10-25-17/h5-8,12,15H,2-4,9-11,13H2,1H3. The van der Waals surface area contributed by atoms with Crippen molar-refractivity contribution in [2.75, 3.05) is 26.3 Å². The molecule has 2 aliphatic heterocycles. The lowest BCUT2D eigenvalue weighted by atomic mass is 10.1. The zero-order chi connectivity index (χ0) is 19.6. The topological polar surface area (TPSA) is 90.9 Å². The van der Waals surface area contributed by atoms with E-state index in [2.05, 4.69) is 9.97 Å². The van der Waals surface area contributed by atoms with Gasteiger partial charge in [-0.15, -0.1) is 0 Å². The van der Waals surface area contributed by atoms with Gasteiger partial charge in [0, 0.05) is 31.3 Å². The van der Waals surface area contributed by atoms with E-state index in [1.807, 2.05) is 0 Å². The molecule has 28 heavy (non-hydrogen) atoms. The van der Waals surface area contributed by atoms with E-state index in [0.717, 1.165) is 19.3 Å². The minimum atomic E-state index is -3.66. The van der Waals surface area contributed by atoms with Gasteiger partial charge in [-0.3, -0.25) is 0 Å². The van der Waals surface area contributed by atoms with Crippen LogP contribution in [0.1, 0.15) is 25.1 Å². The molecule has 2 aromatic rings. The van der Waals surface area contributed by atoms with Crippen LogP contribution < -0.4 is 14.2 Å². The number of ether oxygens (including phenoxy) is 3. The first kappa shape index (κ1) is 18.9. The second-order valence-corrected chi connectivity index (χ2v) is 8.78. The molecule has 0 spiro atoms. The molecule has 8 nitrogen and oxygen atoms in total. The fourth-order valence-electron chi connectivity index (χ4n) is 3.34. The Bertz CT molecular complexity index is 950. The highest BCUT2D eigenvalue weighted by Crippen LogP contribution is 2.33. The maximum Gasteiger partial charge on any atom is 0.243 e. The SMILES string of the molecule is Cc1nccc(OC2CCCN(S(=O)(=O)c3ccc4c(c3)OCCCO4)C2)n1. The summed E-state index contributed by atoms with van der Waals surface area (Å²) in [4.78, 5) is 8.49. The molecule has 0 bridgehead atoms. The summed E-state index contributed by atoms with van der Waals surface area (Å²) in [5.74, 6) is 2.13. The van der Waals surface area contributed by atoms with Crippen LogP contribution >= 0.6 is 0 Å². The Hall–Kier alpha value is -2.39. The van der Waals surface area contributed by atoms with E-state index in [-0.39, 0.29) is 17.5 Å². The number of hydrogen-bond acceptors (Lipinski definition) is 7. The van der Waals surface area contributed by atoms with E-state index in [1.54, 1.807) is 37.4 Å². The number of sulfonamides is 1. The number of aromatic nitrogens is 2. The van der Waals surface area contributed by atoms with Gasteiger partial charge in [-0.25, -0.2) is 13.4 Å². The predicted octanol–water partition coefficient (Wildman–Crippen LogP) is 2.18. The number of benzene rings is 1. The normalized spacial score (nSPS) is 20.4. The number of nitrogens with zero attached hydrogens (tertiary/aromatic N) is 3. The summed E-state index contributed by atoms with van der Waals surface area (Å²) >= 11 is 0. The minimum absolute atomic E-state index is 0.204. The molecule has 150 valence electrons. The maximum atomic E-state index is 13.2. The first-order valence-electron chi connectivity index (χ1n) is 9.38. The number of hydrogen-bond donors (Lipinski definition) is 0. The van der Waals surface area contributed by atoms with Gasteiger partial charge in [0.1, 0.15) is 11.9 Å². The fraction of sp³-hybridized carbons (Fsp3) is 0.474. The Morgan fingerprint density at radius 1 is 1.14 bits per heavy atom. The van der Waals surface area contributed by atoms with Crippen molar-refractivity contribution in [3.63, 3.8) is 0 Å². The number of aryl methyl sites for hydroxylation is 1. The number of rotatable bonds is 4. The predicted molar refractivity (Wildman–Crippen MR) is 101 cm³/mol. The zero-order valence-corrected chi connectivity index (χ0v) is 16.5.